The predicted molar refractivity (Wildman–Crippen MR) is 74.3 cm³/mol. The molecule has 2 rings (SSSR count). The van der Waals surface area contributed by atoms with Gasteiger partial charge < -0.3 is 5.32 Å². The molecule has 18 heavy (non-hydrogen) atoms. The fourth-order valence-corrected chi connectivity index (χ4v) is 2.65. The van der Waals surface area contributed by atoms with Crippen LogP contribution in [0.1, 0.15) is 56.9 Å². The molecule has 100 valence electrons. The smallest absolute Gasteiger partial charge is 0.123 e. The molecule has 1 aromatic carbocycles. The summed E-state index contributed by atoms with van der Waals surface area (Å²) in [6.07, 6.45) is 7.71. The van der Waals surface area contributed by atoms with Crippen molar-refractivity contribution in [2.24, 2.45) is 0 Å². The highest BCUT2D eigenvalue weighted by molar-refractivity contribution is 5.23. The van der Waals surface area contributed by atoms with E-state index in [1.54, 1.807) is 12.1 Å². The van der Waals surface area contributed by atoms with Crippen LogP contribution in [0.4, 0.5) is 4.39 Å². The Labute approximate surface area is 110 Å². The molecule has 0 unspecified atom stereocenters. The van der Waals surface area contributed by atoms with Gasteiger partial charge in [0.2, 0.25) is 0 Å². The standard InChI is InChI=1S/C16H24FN/c1-2-3-4-5-10-18-16-11-14(12-16)13-6-8-15(17)9-7-13/h6-9,14,16,18H,2-5,10-12H2,1H3. The molecule has 1 aromatic rings. The van der Waals surface area contributed by atoms with E-state index >= 15 is 0 Å². The van der Waals surface area contributed by atoms with Crippen LogP contribution >= 0.6 is 0 Å². The minimum absolute atomic E-state index is 0.135. The van der Waals surface area contributed by atoms with E-state index in [1.807, 2.05) is 12.1 Å². The van der Waals surface area contributed by atoms with Gasteiger partial charge in [-0.05, 0) is 49.4 Å². The monoisotopic (exact) mass is 249 g/mol. The van der Waals surface area contributed by atoms with Crippen molar-refractivity contribution in [2.75, 3.05) is 6.54 Å². The molecular formula is C16H24FN. The highest BCUT2D eigenvalue weighted by atomic mass is 19.1. The summed E-state index contributed by atoms with van der Waals surface area (Å²) in [6.45, 7) is 3.40. The van der Waals surface area contributed by atoms with E-state index in [0.29, 0.717) is 12.0 Å². The van der Waals surface area contributed by atoms with Crippen molar-refractivity contribution >= 4 is 0 Å². The van der Waals surface area contributed by atoms with Crippen molar-refractivity contribution in [1.82, 2.24) is 5.32 Å². The molecule has 0 bridgehead atoms. The molecule has 0 aliphatic heterocycles. The Morgan fingerprint density at radius 2 is 1.83 bits per heavy atom. The zero-order chi connectivity index (χ0) is 12.8. The van der Waals surface area contributed by atoms with Gasteiger partial charge in [0.25, 0.3) is 0 Å². The molecule has 2 heteroatoms. The lowest BCUT2D eigenvalue weighted by Gasteiger charge is -2.36. The Balaban J connectivity index is 1.60. The van der Waals surface area contributed by atoms with Gasteiger partial charge in [-0.15, -0.1) is 0 Å². The number of benzene rings is 1. The van der Waals surface area contributed by atoms with Crippen molar-refractivity contribution in [3.8, 4) is 0 Å². The van der Waals surface area contributed by atoms with Crippen LogP contribution in [-0.2, 0) is 0 Å². The van der Waals surface area contributed by atoms with Crippen molar-refractivity contribution in [3.05, 3.63) is 35.6 Å². The third-order valence-electron chi connectivity index (χ3n) is 3.94. The van der Waals surface area contributed by atoms with Gasteiger partial charge in [0.15, 0.2) is 0 Å². The fourth-order valence-electron chi connectivity index (χ4n) is 2.65. The van der Waals surface area contributed by atoms with Crippen LogP contribution in [0.25, 0.3) is 0 Å². The zero-order valence-corrected chi connectivity index (χ0v) is 11.3. The first-order valence-electron chi connectivity index (χ1n) is 7.28. The summed E-state index contributed by atoms with van der Waals surface area (Å²) in [7, 11) is 0. The molecule has 0 amide bonds. The molecule has 0 saturated heterocycles. The molecule has 1 nitrogen and oxygen atoms in total. The first-order valence-corrected chi connectivity index (χ1v) is 7.28. The molecule has 1 aliphatic carbocycles. The Morgan fingerprint density at radius 3 is 2.50 bits per heavy atom. The van der Waals surface area contributed by atoms with E-state index in [9.17, 15) is 4.39 Å². The van der Waals surface area contributed by atoms with Crippen LogP contribution in [0.3, 0.4) is 0 Å². The van der Waals surface area contributed by atoms with Crippen molar-refractivity contribution in [1.29, 1.82) is 0 Å². The molecule has 1 aliphatic rings. The molecule has 0 aromatic heterocycles. The number of hydrogen-bond donors (Lipinski definition) is 1. The lowest BCUT2D eigenvalue weighted by Crippen LogP contribution is -2.40. The Bertz CT molecular complexity index is 341. The normalized spacial score (nSPS) is 22.8. The summed E-state index contributed by atoms with van der Waals surface area (Å²) in [5, 5.41) is 3.62. The van der Waals surface area contributed by atoms with Gasteiger partial charge in [0.05, 0.1) is 0 Å². The van der Waals surface area contributed by atoms with Crippen LogP contribution in [0.15, 0.2) is 24.3 Å². The fraction of sp³-hybridized carbons (Fsp3) is 0.625. The minimum Gasteiger partial charge on any atom is -0.314 e. The maximum atomic E-state index is 12.8. The number of nitrogens with one attached hydrogen (secondary N) is 1. The topological polar surface area (TPSA) is 12.0 Å². The van der Waals surface area contributed by atoms with Gasteiger partial charge in [-0.3, -0.25) is 0 Å². The van der Waals surface area contributed by atoms with E-state index in [2.05, 4.69) is 12.2 Å². The molecule has 0 radical (unpaired) electrons. The predicted octanol–water partition coefficient (Wildman–Crippen LogP) is 4.24. The molecule has 1 saturated carbocycles. The second kappa shape index (κ2) is 6.89. The number of hydrogen-bond acceptors (Lipinski definition) is 1. The van der Waals surface area contributed by atoms with Gasteiger partial charge in [-0.1, -0.05) is 38.3 Å². The number of halogens is 1. The van der Waals surface area contributed by atoms with Gasteiger partial charge >= 0.3 is 0 Å². The summed E-state index contributed by atoms with van der Waals surface area (Å²) in [6, 6.07) is 7.68. The summed E-state index contributed by atoms with van der Waals surface area (Å²) in [4.78, 5) is 0. The highest BCUT2D eigenvalue weighted by Crippen LogP contribution is 2.36. The maximum Gasteiger partial charge on any atom is 0.123 e. The summed E-state index contributed by atoms with van der Waals surface area (Å²) in [5.41, 5.74) is 1.29. The lowest BCUT2D eigenvalue weighted by molar-refractivity contribution is 0.289. The average molecular weight is 249 g/mol. The Morgan fingerprint density at radius 1 is 1.11 bits per heavy atom. The number of rotatable bonds is 7. The lowest BCUT2D eigenvalue weighted by atomic mass is 9.76. The molecule has 0 atom stereocenters. The third-order valence-corrected chi connectivity index (χ3v) is 3.94. The molecule has 1 N–H and O–H groups in total. The summed E-state index contributed by atoms with van der Waals surface area (Å²) >= 11 is 0. The van der Waals surface area contributed by atoms with Crippen LogP contribution in [-0.4, -0.2) is 12.6 Å². The summed E-state index contributed by atoms with van der Waals surface area (Å²) in [5.74, 6) is 0.502. The molecular weight excluding hydrogens is 225 g/mol. The van der Waals surface area contributed by atoms with Crippen molar-refractivity contribution < 1.29 is 4.39 Å². The van der Waals surface area contributed by atoms with E-state index in [0.717, 1.165) is 6.54 Å². The van der Waals surface area contributed by atoms with Crippen LogP contribution in [0, 0.1) is 5.82 Å². The minimum atomic E-state index is -0.135. The molecule has 0 spiro atoms. The van der Waals surface area contributed by atoms with E-state index in [4.69, 9.17) is 0 Å². The van der Waals surface area contributed by atoms with Crippen molar-refractivity contribution in [3.63, 3.8) is 0 Å². The van der Waals surface area contributed by atoms with E-state index < -0.39 is 0 Å². The number of unbranched alkanes of at least 4 members (excludes halogenated alkanes) is 3. The van der Waals surface area contributed by atoms with Gasteiger partial charge in [0, 0.05) is 6.04 Å². The first kappa shape index (κ1) is 13.5. The Kier molecular flexibility index (Phi) is 5.18. The largest absolute Gasteiger partial charge is 0.314 e. The molecule has 0 heterocycles. The second-order valence-electron chi connectivity index (χ2n) is 5.43. The summed E-state index contributed by atoms with van der Waals surface area (Å²) < 4.78 is 12.8. The van der Waals surface area contributed by atoms with Gasteiger partial charge in [-0.25, -0.2) is 4.39 Å². The van der Waals surface area contributed by atoms with Gasteiger partial charge in [-0.2, -0.15) is 0 Å². The van der Waals surface area contributed by atoms with Crippen molar-refractivity contribution in [2.45, 2.75) is 57.4 Å². The van der Waals surface area contributed by atoms with Crippen LogP contribution in [0.5, 0.6) is 0 Å². The van der Waals surface area contributed by atoms with E-state index in [-0.39, 0.29) is 5.82 Å². The quantitative estimate of drug-likeness (QED) is 0.713. The first-order chi connectivity index (χ1) is 8.79. The van der Waals surface area contributed by atoms with Crippen LogP contribution < -0.4 is 5.32 Å². The van der Waals surface area contributed by atoms with E-state index in [1.165, 1.54) is 44.1 Å². The second-order valence-corrected chi connectivity index (χ2v) is 5.43. The maximum absolute atomic E-state index is 12.8. The Hall–Kier alpha value is -0.890. The van der Waals surface area contributed by atoms with Crippen LogP contribution in [0.2, 0.25) is 0 Å². The highest BCUT2D eigenvalue weighted by Gasteiger charge is 2.29. The average Bonchev–Trinajstić information content (AvgIpc) is 2.33. The third kappa shape index (κ3) is 3.81. The van der Waals surface area contributed by atoms with Gasteiger partial charge in [0.1, 0.15) is 5.82 Å². The SMILES string of the molecule is CCCCCCNC1CC(c2ccc(F)cc2)C1. The zero-order valence-electron chi connectivity index (χ0n) is 11.3. The molecule has 1 fully saturated rings.